The second kappa shape index (κ2) is 12.5. The predicted octanol–water partition coefficient (Wildman–Crippen LogP) is 3.67. The molecular weight excluding hydrogens is 490 g/mol. The van der Waals surface area contributed by atoms with Gasteiger partial charge in [-0.25, -0.2) is 8.42 Å². The Labute approximate surface area is 218 Å². The lowest BCUT2D eigenvalue weighted by Crippen LogP contribution is -2.35. The number of aliphatic hydroxyl groups excluding tert-OH is 2. The lowest BCUT2D eigenvalue weighted by atomic mass is 10.1. The van der Waals surface area contributed by atoms with Crippen LogP contribution in [-0.4, -0.2) is 54.2 Å². The summed E-state index contributed by atoms with van der Waals surface area (Å²) in [6.45, 7) is 1.94. The Hall–Kier alpha value is -2.95. The number of phenols is 1. The molecule has 5 N–H and O–H groups in total. The fourth-order valence-electron chi connectivity index (χ4n) is 4.41. The third-order valence-electron chi connectivity index (χ3n) is 6.64. The number of rotatable bonds is 11. The summed E-state index contributed by atoms with van der Waals surface area (Å²) in [5.41, 5.74) is 3.90. The maximum Gasteiger partial charge on any atom is 0.243 e. The van der Waals surface area contributed by atoms with Crippen LogP contribution >= 0.6 is 0 Å². The van der Waals surface area contributed by atoms with Crippen LogP contribution in [0.3, 0.4) is 0 Å². The van der Waals surface area contributed by atoms with Gasteiger partial charge in [0.2, 0.25) is 10.0 Å². The highest BCUT2D eigenvalue weighted by Crippen LogP contribution is 2.24. The number of hydrogen-bond donors (Lipinski definition) is 5. The van der Waals surface area contributed by atoms with Crippen LogP contribution in [0.25, 0.3) is 0 Å². The third-order valence-corrected chi connectivity index (χ3v) is 8.55. The van der Waals surface area contributed by atoms with E-state index in [9.17, 15) is 23.7 Å². The van der Waals surface area contributed by atoms with Gasteiger partial charge in [0.15, 0.2) is 0 Å². The number of aromatic hydroxyl groups is 1. The normalized spacial score (nSPS) is 15.4. The van der Waals surface area contributed by atoms with Crippen molar-refractivity contribution in [2.75, 3.05) is 31.5 Å². The summed E-state index contributed by atoms with van der Waals surface area (Å²) < 4.78 is 27.2. The molecule has 1 heterocycles. The Balaban J connectivity index is 1.24. The molecule has 9 heteroatoms. The number of hydrogen-bond acceptors (Lipinski definition) is 7. The van der Waals surface area contributed by atoms with Gasteiger partial charge in [-0.3, -0.25) is 0 Å². The van der Waals surface area contributed by atoms with Gasteiger partial charge in [-0.2, -0.15) is 4.31 Å². The summed E-state index contributed by atoms with van der Waals surface area (Å²) in [5, 5.41) is 35.8. The molecule has 1 unspecified atom stereocenters. The number of nitrogens with zero attached hydrogens (tertiary/aromatic N) is 1. The van der Waals surface area contributed by atoms with Crippen LogP contribution in [0.15, 0.2) is 71.6 Å². The van der Waals surface area contributed by atoms with Gasteiger partial charge in [0.25, 0.3) is 0 Å². The van der Waals surface area contributed by atoms with Gasteiger partial charge >= 0.3 is 0 Å². The first kappa shape index (κ1) is 27.1. The molecule has 8 nitrogen and oxygen atoms in total. The van der Waals surface area contributed by atoms with Gasteiger partial charge in [0.1, 0.15) is 5.75 Å². The number of piperidine rings is 1. The van der Waals surface area contributed by atoms with Crippen molar-refractivity contribution < 1.29 is 23.7 Å². The predicted molar refractivity (Wildman–Crippen MR) is 144 cm³/mol. The molecule has 0 saturated carbocycles. The zero-order valence-corrected chi connectivity index (χ0v) is 21.6. The van der Waals surface area contributed by atoms with Crippen LogP contribution in [-0.2, 0) is 23.1 Å². The molecule has 0 aliphatic carbocycles. The van der Waals surface area contributed by atoms with Crippen molar-refractivity contribution in [3.8, 4) is 5.75 Å². The zero-order valence-electron chi connectivity index (χ0n) is 20.8. The van der Waals surface area contributed by atoms with Crippen molar-refractivity contribution in [1.29, 1.82) is 0 Å². The molecule has 1 atom stereocenters. The van der Waals surface area contributed by atoms with Crippen LogP contribution < -0.4 is 10.6 Å². The van der Waals surface area contributed by atoms with Gasteiger partial charge in [0, 0.05) is 36.6 Å². The second-order valence-corrected chi connectivity index (χ2v) is 11.3. The topological polar surface area (TPSA) is 122 Å². The molecule has 1 saturated heterocycles. The lowest BCUT2D eigenvalue weighted by molar-refractivity contribution is 0.174. The standard InChI is InChI=1S/C28H35N3O5S/c32-20-23-18-22(6-13-27(23)33)28(34)19-29-15-14-21-4-7-24(8-5-21)30-25-9-11-26(12-10-25)37(35,36)31-16-2-1-3-17-31/h4-13,18,28-30,32-34H,1-3,14-17,19-20H2. The van der Waals surface area contributed by atoms with Crippen LogP contribution in [0.5, 0.6) is 5.75 Å². The number of benzene rings is 3. The summed E-state index contributed by atoms with van der Waals surface area (Å²) >= 11 is 0. The number of nitrogens with one attached hydrogen (secondary N) is 2. The van der Waals surface area contributed by atoms with Crippen molar-refractivity contribution in [1.82, 2.24) is 9.62 Å². The van der Waals surface area contributed by atoms with Crippen molar-refractivity contribution in [2.45, 2.75) is 43.3 Å². The average molecular weight is 526 g/mol. The van der Waals surface area contributed by atoms with E-state index in [-0.39, 0.29) is 12.4 Å². The first-order valence-corrected chi connectivity index (χ1v) is 14.1. The van der Waals surface area contributed by atoms with E-state index in [0.717, 1.165) is 42.6 Å². The van der Waals surface area contributed by atoms with E-state index in [1.165, 1.54) is 6.07 Å². The molecule has 1 aliphatic rings. The Morgan fingerprint density at radius 1 is 0.892 bits per heavy atom. The molecule has 3 aromatic carbocycles. The Morgan fingerprint density at radius 2 is 1.54 bits per heavy atom. The van der Waals surface area contributed by atoms with E-state index in [0.29, 0.717) is 42.2 Å². The molecule has 198 valence electrons. The zero-order chi connectivity index (χ0) is 26.3. The van der Waals surface area contributed by atoms with Crippen LogP contribution in [0.1, 0.15) is 42.1 Å². The summed E-state index contributed by atoms with van der Waals surface area (Å²) in [6.07, 6.45) is 2.96. The molecule has 1 fully saturated rings. The van der Waals surface area contributed by atoms with Crippen LogP contribution in [0.4, 0.5) is 11.4 Å². The highest BCUT2D eigenvalue weighted by Gasteiger charge is 2.25. The number of anilines is 2. The molecule has 0 amide bonds. The lowest BCUT2D eigenvalue weighted by Gasteiger charge is -2.25. The van der Waals surface area contributed by atoms with Crippen LogP contribution in [0, 0.1) is 0 Å². The first-order chi connectivity index (χ1) is 17.9. The maximum atomic E-state index is 12.8. The fourth-order valence-corrected chi connectivity index (χ4v) is 5.93. The van der Waals surface area contributed by atoms with E-state index in [4.69, 9.17) is 0 Å². The molecule has 1 aliphatic heterocycles. The Bertz CT molecular complexity index is 1260. The summed E-state index contributed by atoms with van der Waals surface area (Å²) in [6, 6.07) is 19.6. The van der Waals surface area contributed by atoms with Crippen molar-refractivity contribution >= 4 is 21.4 Å². The minimum Gasteiger partial charge on any atom is -0.508 e. The Kier molecular flexibility index (Phi) is 9.18. The van der Waals surface area contributed by atoms with E-state index in [1.807, 2.05) is 24.3 Å². The maximum absolute atomic E-state index is 12.8. The van der Waals surface area contributed by atoms with Crippen molar-refractivity contribution in [3.05, 3.63) is 83.4 Å². The molecule has 0 bridgehead atoms. The summed E-state index contributed by atoms with van der Waals surface area (Å²) in [4.78, 5) is 0.326. The highest BCUT2D eigenvalue weighted by molar-refractivity contribution is 7.89. The van der Waals surface area contributed by atoms with E-state index >= 15 is 0 Å². The largest absolute Gasteiger partial charge is 0.508 e. The SMILES string of the molecule is O=S(=O)(c1ccc(Nc2ccc(CCNCC(O)c3ccc(O)c(CO)c3)cc2)cc1)N1CCCCC1. The molecule has 4 rings (SSSR count). The van der Waals surface area contributed by atoms with E-state index < -0.39 is 16.1 Å². The molecular formula is C28H35N3O5S. The monoisotopic (exact) mass is 525 g/mol. The molecule has 0 aromatic heterocycles. The Morgan fingerprint density at radius 3 is 2.19 bits per heavy atom. The van der Waals surface area contributed by atoms with Crippen molar-refractivity contribution in [3.63, 3.8) is 0 Å². The highest BCUT2D eigenvalue weighted by atomic mass is 32.2. The molecule has 0 radical (unpaired) electrons. The van der Waals surface area contributed by atoms with Gasteiger partial charge in [0.05, 0.1) is 17.6 Å². The second-order valence-electron chi connectivity index (χ2n) is 9.33. The van der Waals surface area contributed by atoms with Gasteiger partial charge < -0.3 is 26.0 Å². The number of sulfonamides is 1. The fraction of sp³-hybridized carbons (Fsp3) is 0.357. The van der Waals surface area contributed by atoms with Gasteiger partial charge in [-0.1, -0.05) is 24.6 Å². The van der Waals surface area contributed by atoms with Crippen LogP contribution in [0.2, 0.25) is 0 Å². The third kappa shape index (κ3) is 7.09. The molecule has 3 aromatic rings. The average Bonchev–Trinajstić information content (AvgIpc) is 2.93. The smallest absolute Gasteiger partial charge is 0.243 e. The minimum atomic E-state index is -3.43. The first-order valence-electron chi connectivity index (χ1n) is 12.6. The van der Waals surface area contributed by atoms with Gasteiger partial charge in [-0.05, 0) is 85.5 Å². The number of aliphatic hydroxyl groups is 2. The summed E-state index contributed by atoms with van der Waals surface area (Å²) in [5.74, 6) is 0.0159. The summed E-state index contributed by atoms with van der Waals surface area (Å²) in [7, 11) is -3.43. The van der Waals surface area contributed by atoms with E-state index in [2.05, 4.69) is 10.6 Å². The molecule has 37 heavy (non-hydrogen) atoms. The molecule has 0 spiro atoms. The van der Waals surface area contributed by atoms with Gasteiger partial charge in [-0.15, -0.1) is 0 Å². The quantitative estimate of drug-likeness (QED) is 0.242. The van der Waals surface area contributed by atoms with E-state index in [1.54, 1.807) is 40.7 Å². The minimum absolute atomic E-state index is 0.0159. The van der Waals surface area contributed by atoms with Crippen molar-refractivity contribution in [2.24, 2.45) is 0 Å².